The molecule has 0 aromatic rings. The number of aliphatic carboxylic acids is 1. The van der Waals surface area contributed by atoms with E-state index in [-0.39, 0.29) is 0 Å². The molecule has 0 amide bonds. The Balaban J connectivity index is 2.10. The maximum absolute atomic E-state index is 12.8. The van der Waals surface area contributed by atoms with Crippen molar-refractivity contribution in [2.24, 2.45) is 0 Å². The second-order valence-electron chi connectivity index (χ2n) is 12.0. The molecule has 0 bridgehead atoms. The minimum Gasteiger partial charge on any atom is -0.479 e. The Hall–Kier alpha value is -1.49. The van der Waals surface area contributed by atoms with E-state index < -0.39 is 159 Å². The number of rotatable bonds is 22. The van der Waals surface area contributed by atoms with Crippen LogP contribution in [0.4, 0.5) is 0 Å². The van der Waals surface area contributed by atoms with E-state index in [4.69, 9.17) is 65.6 Å². The Kier molecular flexibility index (Phi) is 18.5. The van der Waals surface area contributed by atoms with E-state index in [1.165, 1.54) is 21.3 Å². The van der Waals surface area contributed by atoms with Crippen LogP contribution in [-0.4, -0.2) is 217 Å². The smallest absolute Gasteiger partial charge is 0.397 e. The molecule has 3 aliphatic rings. The van der Waals surface area contributed by atoms with Crippen molar-refractivity contribution in [1.29, 1.82) is 0 Å². The van der Waals surface area contributed by atoms with Crippen molar-refractivity contribution in [3.63, 3.8) is 0 Å². The molecule has 342 valence electrons. The van der Waals surface area contributed by atoms with Gasteiger partial charge in [0.2, 0.25) is 0 Å². The predicted molar refractivity (Wildman–Crippen MR) is 177 cm³/mol. The third-order valence-corrected chi connectivity index (χ3v) is 10.3. The minimum absolute atomic E-state index is 0.876. The van der Waals surface area contributed by atoms with E-state index in [1.54, 1.807) is 0 Å². The first-order valence-electron chi connectivity index (χ1n) is 15.9. The number of methoxy groups -OCH3 is 6. The SMILES string of the molecule is CO[C@H]1O[C@H](COS(=O)(=O)O)[C@@H](O[C@@H]2O[C@H](C(=O)O)[C@@H](O[C@H]3O[C@H](COS(=O)(=O)O)[C@@H](OC)[C@H](OC)[C@H]3OC)[C@H](OC)[C@H]2OC)[C@H](OS(=O)(=O)O)[C@H]1OCS(=O)(=O)O. The lowest BCUT2D eigenvalue weighted by atomic mass is 9.95. The molecule has 15 atom stereocenters. The maximum atomic E-state index is 12.8. The van der Waals surface area contributed by atoms with E-state index in [0.717, 1.165) is 21.3 Å². The van der Waals surface area contributed by atoms with Crippen molar-refractivity contribution in [3.8, 4) is 0 Å². The van der Waals surface area contributed by atoms with Gasteiger partial charge in [-0.05, 0) is 0 Å². The fourth-order valence-corrected chi connectivity index (χ4v) is 7.72. The Morgan fingerprint density at radius 3 is 1.34 bits per heavy atom. The fraction of sp³-hybridized carbons (Fsp3) is 0.960. The summed E-state index contributed by atoms with van der Waals surface area (Å²) in [4.78, 5) is 12.8. The topological polar surface area (TPSA) is 393 Å². The molecule has 0 aromatic carbocycles. The summed E-state index contributed by atoms with van der Waals surface area (Å²) >= 11 is 0. The van der Waals surface area contributed by atoms with Crippen LogP contribution < -0.4 is 0 Å². The van der Waals surface area contributed by atoms with Gasteiger partial charge in [-0.25, -0.2) is 17.3 Å². The molecule has 3 saturated heterocycles. The highest BCUT2D eigenvalue weighted by Gasteiger charge is 2.58. The van der Waals surface area contributed by atoms with Crippen molar-refractivity contribution >= 4 is 47.3 Å². The third-order valence-electron chi connectivity index (χ3n) is 8.50. The monoisotopic (exact) mass is 936 g/mol. The Morgan fingerprint density at radius 2 is 0.931 bits per heavy atom. The summed E-state index contributed by atoms with van der Waals surface area (Å²) in [6, 6.07) is 0. The Bertz CT molecular complexity index is 1780. The molecule has 0 aromatic heterocycles. The van der Waals surface area contributed by atoms with Gasteiger partial charge in [-0.15, -0.1) is 0 Å². The van der Waals surface area contributed by atoms with Gasteiger partial charge in [0.1, 0.15) is 67.1 Å². The zero-order valence-electron chi connectivity index (χ0n) is 30.9. The average molecular weight is 937 g/mol. The van der Waals surface area contributed by atoms with Gasteiger partial charge >= 0.3 is 37.2 Å². The molecule has 0 saturated carbocycles. The Labute approximate surface area is 331 Å². The third kappa shape index (κ3) is 14.0. The van der Waals surface area contributed by atoms with Crippen LogP contribution in [0, 0.1) is 0 Å². The summed E-state index contributed by atoms with van der Waals surface area (Å²) < 4.78 is 211. The lowest BCUT2D eigenvalue weighted by molar-refractivity contribution is -0.378. The average Bonchev–Trinajstić information content (AvgIpc) is 3.11. The van der Waals surface area contributed by atoms with Crippen molar-refractivity contribution in [2.75, 3.05) is 61.8 Å². The molecular formula is C25H44O29S4. The number of carbonyl (C=O) groups is 1. The molecule has 3 rings (SSSR count). The molecule has 29 nitrogen and oxygen atoms in total. The minimum atomic E-state index is -5.61. The Morgan fingerprint density at radius 1 is 0.500 bits per heavy atom. The maximum Gasteiger partial charge on any atom is 0.397 e. The van der Waals surface area contributed by atoms with E-state index in [0.29, 0.717) is 0 Å². The number of hydrogen-bond donors (Lipinski definition) is 5. The molecule has 5 N–H and O–H groups in total. The summed E-state index contributed by atoms with van der Waals surface area (Å²) in [5.41, 5.74) is 0. The van der Waals surface area contributed by atoms with Crippen LogP contribution in [0.2, 0.25) is 0 Å². The van der Waals surface area contributed by atoms with Gasteiger partial charge in [-0.2, -0.15) is 33.7 Å². The molecule has 0 spiro atoms. The van der Waals surface area contributed by atoms with Crippen molar-refractivity contribution < 1.29 is 131 Å². The standard InChI is InChI=1S/C25H44O29S4/c1-40-12-10(7-47-56(31,32)33)50-24(19(43-4)14(12)41-2)52-16-15(42-3)20(44-5)25(53-18(16)22(26)27)51-13-11(8-48-57(34,35)36)49-23(45-6)21(46-9-55(28,29)30)17(13)54-58(37,38)39/h10-21,23-25H,7-9H2,1-6H3,(H,26,27)(H,28,29,30)(H,31,32,33)(H,34,35,36)(H,37,38,39)/t10-,11-,12-,13-,14+,15+,16+,17+,18+,19-,20-,21-,23+,24-,25-/m1/s1. The van der Waals surface area contributed by atoms with Crippen molar-refractivity contribution in [1.82, 2.24) is 0 Å². The highest BCUT2D eigenvalue weighted by atomic mass is 32.3. The van der Waals surface area contributed by atoms with Gasteiger partial charge in [-0.3, -0.25) is 18.2 Å². The molecule has 58 heavy (non-hydrogen) atoms. The van der Waals surface area contributed by atoms with Crippen molar-refractivity contribution in [2.45, 2.75) is 92.1 Å². The normalized spacial score (nSPS) is 36.8. The molecule has 3 aliphatic heterocycles. The number of ether oxygens (including phenoxy) is 12. The van der Waals surface area contributed by atoms with E-state index in [2.05, 4.69) is 8.37 Å². The lowest BCUT2D eigenvalue weighted by Crippen LogP contribution is -2.68. The van der Waals surface area contributed by atoms with Crippen LogP contribution in [0.25, 0.3) is 0 Å². The summed E-state index contributed by atoms with van der Waals surface area (Å²) in [6.45, 7) is -2.15. The van der Waals surface area contributed by atoms with Gasteiger partial charge in [0.15, 0.2) is 30.9 Å². The van der Waals surface area contributed by atoms with Gasteiger partial charge in [-0.1, -0.05) is 0 Å². The zero-order chi connectivity index (χ0) is 44.0. The molecule has 3 fully saturated rings. The van der Waals surface area contributed by atoms with Gasteiger partial charge in [0.25, 0.3) is 10.1 Å². The summed E-state index contributed by atoms with van der Waals surface area (Å²) in [6.07, 6.45) is -26.7. The predicted octanol–water partition coefficient (Wildman–Crippen LogP) is -4.21. The van der Waals surface area contributed by atoms with E-state index in [1.807, 2.05) is 0 Å². The van der Waals surface area contributed by atoms with E-state index in [9.17, 15) is 57.2 Å². The second-order valence-corrected chi connectivity index (χ2v) is 16.7. The summed E-state index contributed by atoms with van der Waals surface area (Å²) in [7, 11) is -14.3. The molecule has 0 aliphatic carbocycles. The lowest BCUT2D eigenvalue weighted by Gasteiger charge is -2.50. The molecular weight excluding hydrogens is 893 g/mol. The van der Waals surface area contributed by atoms with Crippen LogP contribution in [0.5, 0.6) is 0 Å². The highest BCUT2D eigenvalue weighted by molar-refractivity contribution is 7.85. The first-order valence-corrected chi connectivity index (χ1v) is 21.6. The van der Waals surface area contributed by atoms with Gasteiger partial charge < -0.3 is 61.9 Å². The van der Waals surface area contributed by atoms with Crippen LogP contribution >= 0.6 is 0 Å². The highest BCUT2D eigenvalue weighted by Crippen LogP contribution is 2.37. The van der Waals surface area contributed by atoms with E-state index >= 15 is 0 Å². The number of hydrogen-bond acceptors (Lipinski definition) is 24. The summed E-state index contributed by atoms with van der Waals surface area (Å²) in [5.74, 6) is -3.38. The second kappa shape index (κ2) is 21.1. The molecule has 3 heterocycles. The van der Waals surface area contributed by atoms with Gasteiger partial charge in [0, 0.05) is 42.7 Å². The largest absolute Gasteiger partial charge is 0.479 e. The van der Waals surface area contributed by atoms with Crippen LogP contribution in [0.15, 0.2) is 0 Å². The molecule has 0 unspecified atom stereocenters. The van der Waals surface area contributed by atoms with Crippen LogP contribution in [0.3, 0.4) is 0 Å². The fourth-order valence-electron chi connectivity index (χ4n) is 6.28. The van der Waals surface area contributed by atoms with Crippen molar-refractivity contribution in [3.05, 3.63) is 0 Å². The first-order chi connectivity index (χ1) is 26.8. The van der Waals surface area contributed by atoms with Crippen LogP contribution in [-0.2, 0) is 116 Å². The zero-order valence-corrected chi connectivity index (χ0v) is 34.2. The van der Waals surface area contributed by atoms with Crippen LogP contribution in [0.1, 0.15) is 0 Å². The summed E-state index contributed by atoms with van der Waals surface area (Å²) in [5, 5.41) is 10.4. The number of carboxylic acids is 1. The van der Waals surface area contributed by atoms with Gasteiger partial charge in [0.05, 0.1) is 13.2 Å². The molecule has 0 radical (unpaired) electrons. The first kappa shape index (κ1) is 50.9. The molecule has 33 heteroatoms. The quantitative estimate of drug-likeness (QED) is 0.0642. The number of carboxylic acid groups (broad SMARTS) is 1.